The van der Waals surface area contributed by atoms with Crippen LogP contribution in [-0.4, -0.2) is 74.9 Å². The highest BCUT2D eigenvalue weighted by atomic mass is 31.2. The van der Waals surface area contributed by atoms with Gasteiger partial charge in [-0.3, -0.25) is 18.6 Å². The van der Waals surface area contributed by atoms with Gasteiger partial charge in [-0.1, -0.05) is 248 Å². The first kappa shape index (κ1) is 71.7. The van der Waals surface area contributed by atoms with E-state index in [0.717, 1.165) is 57.8 Å². The van der Waals surface area contributed by atoms with E-state index in [4.69, 9.17) is 18.5 Å². The van der Waals surface area contributed by atoms with Gasteiger partial charge in [-0.25, -0.2) is 4.57 Å². The Bertz CT molecular complexity index is 1430. The minimum Gasteiger partial charge on any atom is -0.462 e. The van der Waals surface area contributed by atoms with Crippen LogP contribution in [0.15, 0.2) is 60.8 Å². The second kappa shape index (κ2) is 55.5. The van der Waals surface area contributed by atoms with Gasteiger partial charge >= 0.3 is 19.8 Å². The highest BCUT2D eigenvalue weighted by Crippen LogP contribution is 2.43. The molecule has 0 aliphatic carbocycles. The van der Waals surface area contributed by atoms with Crippen molar-refractivity contribution in [2.75, 3.05) is 47.5 Å². The fourth-order valence-corrected chi connectivity index (χ4v) is 9.44. The largest absolute Gasteiger partial charge is 0.472 e. The summed E-state index contributed by atoms with van der Waals surface area (Å²) in [4.78, 5) is 35.8. The van der Waals surface area contributed by atoms with E-state index in [9.17, 15) is 19.0 Å². The lowest BCUT2D eigenvalue weighted by Crippen LogP contribution is -2.37. The topological polar surface area (TPSA) is 108 Å². The van der Waals surface area contributed by atoms with Crippen LogP contribution in [0.5, 0.6) is 0 Å². The van der Waals surface area contributed by atoms with Crippen LogP contribution in [0.4, 0.5) is 0 Å². The standard InChI is InChI=1S/C64H118NO8P/c1-6-8-10-12-14-16-18-20-22-24-26-28-30-32-34-36-38-40-42-44-46-48-50-52-54-56-63(66)70-60-62(61-72-74(68,69)71-59-58-65(3,4)5)73-64(67)57-55-53-51-49-47-45-43-41-39-37-35-33-31-29-27-25-23-21-19-17-15-13-11-9-7-2/h18-21,24-27,31,33,62H,6-17,22-23,28-30,32,34-61H2,1-5H3/p+1/b20-18-,21-19-,26-24-,27-25-,33-31-. The number of likely N-dealkylation sites (N-methyl/N-ethyl adjacent to an activating group) is 1. The molecule has 10 heteroatoms. The van der Waals surface area contributed by atoms with E-state index < -0.39 is 26.5 Å². The van der Waals surface area contributed by atoms with Crippen molar-refractivity contribution in [2.24, 2.45) is 0 Å². The first-order valence-corrected chi connectivity index (χ1v) is 32.5. The monoisotopic (exact) mass is 1060 g/mol. The summed E-state index contributed by atoms with van der Waals surface area (Å²) in [5.41, 5.74) is 0. The van der Waals surface area contributed by atoms with Crippen molar-refractivity contribution in [1.29, 1.82) is 0 Å². The number of hydrogen-bond donors (Lipinski definition) is 1. The molecule has 0 fully saturated rings. The summed E-state index contributed by atoms with van der Waals surface area (Å²) in [6.45, 7) is 4.44. The maximum atomic E-state index is 12.8. The molecule has 0 aliphatic rings. The lowest BCUT2D eigenvalue weighted by Gasteiger charge is -2.24. The van der Waals surface area contributed by atoms with E-state index in [0.29, 0.717) is 17.4 Å². The number of nitrogens with zero attached hydrogens (tertiary/aromatic N) is 1. The molecule has 0 rings (SSSR count). The number of carbonyl (C=O) groups excluding carboxylic acids is 2. The van der Waals surface area contributed by atoms with E-state index in [-0.39, 0.29) is 32.0 Å². The van der Waals surface area contributed by atoms with E-state index >= 15 is 0 Å². The molecule has 0 heterocycles. The number of quaternary nitrogens is 1. The summed E-state index contributed by atoms with van der Waals surface area (Å²) >= 11 is 0. The molecule has 74 heavy (non-hydrogen) atoms. The Kier molecular flexibility index (Phi) is 53.7. The molecule has 0 bridgehead atoms. The van der Waals surface area contributed by atoms with Crippen molar-refractivity contribution in [1.82, 2.24) is 0 Å². The van der Waals surface area contributed by atoms with Crippen LogP contribution in [0.25, 0.3) is 0 Å². The van der Waals surface area contributed by atoms with Gasteiger partial charge in [0.15, 0.2) is 6.10 Å². The molecule has 0 aromatic rings. The molecule has 0 amide bonds. The predicted octanol–water partition coefficient (Wildman–Crippen LogP) is 19.5. The average molecular weight is 1060 g/mol. The SMILES string of the molecule is CCCCCCC/C=C\C/C=C\C/C=C\CCCCCCCCCCCCC(=O)OC(COC(=O)CCCCCCCCCCCCCCC/C=C\C/C=C\CCCCCCC)COP(=O)(O)OCC[N+](C)(C)C. The fourth-order valence-electron chi connectivity index (χ4n) is 8.70. The van der Waals surface area contributed by atoms with Crippen LogP contribution in [0.3, 0.4) is 0 Å². The van der Waals surface area contributed by atoms with Crippen molar-refractivity contribution in [3.05, 3.63) is 60.8 Å². The maximum Gasteiger partial charge on any atom is 0.472 e. The Balaban J connectivity index is 4.14. The van der Waals surface area contributed by atoms with Gasteiger partial charge in [-0.05, 0) is 83.5 Å². The number of allylic oxidation sites excluding steroid dienone is 10. The molecule has 9 nitrogen and oxygen atoms in total. The molecular formula is C64H119NO8P+. The van der Waals surface area contributed by atoms with Gasteiger partial charge in [-0.2, -0.15) is 0 Å². The van der Waals surface area contributed by atoms with Crippen LogP contribution in [0.2, 0.25) is 0 Å². The number of rotatable bonds is 57. The normalized spacial score (nSPS) is 13.6. The summed E-state index contributed by atoms with van der Waals surface area (Å²) in [6.07, 6.45) is 71.5. The van der Waals surface area contributed by atoms with Gasteiger partial charge in [0.2, 0.25) is 0 Å². The number of esters is 2. The van der Waals surface area contributed by atoms with Gasteiger partial charge in [-0.15, -0.1) is 0 Å². The molecule has 0 radical (unpaired) electrons. The van der Waals surface area contributed by atoms with Crippen molar-refractivity contribution in [3.8, 4) is 0 Å². The summed E-state index contributed by atoms with van der Waals surface area (Å²) < 4.78 is 34.6. The minimum atomic E-state index is -4.39. The molecule has 0 aromatic heterocycles. The number of phosphoric acid groups is 1. The van der Waals surface area contributed by atoms with Crippen LogP contribution in [-0.2, 0) is 32.7 Å². The number of unbranched alkanes of at least 4 members (excludes halogenated alkanes) is 33. The van der Waals surface area contributed by atoms with Crippen LogP contribution in [0.1, 0.15) is 284 Å². The third-order valence-electron chi connectivity index (χ3n) is 13.5. The lowest BCUT2D eigenvalue weighted by molar-refractivity contribution is -0.870. The van der Waals surface area contributed by atoms with Crippen molar-refractivity contribution in [3.63, 3.8) is 0 Å². The second-order valence-electron chi connectivity index (χ2n) is 22.1. The van der Waals surface area contributed by atoms with Gasteiger partial charge < -0.3 is 18.9 Å². The van der Waals surface area contributed by atoms with E-state index in [1.165, 1.54) is 193 Å². The maximum absolute atomic E-state index is 12.8. The van der Waals surface area contributed by atoms with Crippen LogP contribution < -0.4 is 0 Å². The molecule has 2 unspecified atom stereocenters. The summed E-state index contributed by atoms with van der Waals surface area (Å²) in [5.74, 6) is -0.795. The Labute approximate surface area is 457 Å². The highest BCUT2D eigenvalue weighted by molar-refractivity contribution is 7.47. The fraction of sp³-hybridized carbons (Fsp3) is 0.812. The van der Waals surface area contributed by atoms with Gasteiger partial charge in [0.25, 0.3) is 0 Å². The van der Waals surface area contributed by atoms with Crippen molar-refractivity contribution >= 4 is 19.8 Å². The molecule has 432 valence electrons. The third kappa shape index (κ3) is 59.0. The number of ether oxygens (including phenoxy) is 2. The van der Waals surface area contributed by atoms with E-state index in [1.54, 1.807) is 0 Å². The first-order valence-electron chi connectivity index (χ1n) is 31.0. The Morgan fingerprint density at radius 1 is 0.419 bits per heavy atom. The van der Waals surface area contributed by atoms with Gasteiger partial charge in [0.05, 0.1) is 27.7 Å². The third-order valence-corrected chi connectivity index (χ3v) is 14.5. The van der Waals surface area contributed by atoms with Crippen molar-refractivity contribution < 1.29 is 42.1 Å². The highest BCUT2D eigenvalue weighted by Gasteiger charge is 2.27. The van der Waals surface area contributed by atoms with Crippen LogP contribution >= 0.6 is 7.82 Å². The minimum absolute atomic E-state index is 0.0297. The Morgan fingerprint density at radius 3 is 1.08 bits per heavy atom. The Morgan fingerprint density at radius 2 is 0.730 bits per heavy atom. The van der Waals surface area contributed by atoms with E-state index in [2.05, 4.69) is 74.6 Å². The van der Waals surface area contributed by atoms with Crippen molar-refractivity contribution in [2.45, 2.75) is 290 Å². The van der Waals surface area contributed by atoms with Gasteiger partial charge in [0, 0.05) is 12.8 Å². The number of carbonyl (C=O) groups is 2. The molecule has 0 aliphatic heterocycles. The zero-order valence-electron chi connectivity index (χ0n) is 49.1. The Hall–Kier alpha value is -2.29. The predicted molar refractivity (Wildman–Crippen MR) is 316 cm³/mol. The second-order valence-corrected chi connectivity index (χ2v) is 23.5. The average Bonchev–Trinajstić information content (AvgIpc) is 3.36. The lowest BCUT2D eigenvalue weighted by atomic mass is 10.0. The molecule has 0 spiro atoms. The molecule has 2 atom stereocenters. The molecular weight excluding hydrogens is 942 g/mol. The number of phosphoric ester groups is 1. The molecule has 1 N–H and O–H groups in total. The zero-order chi connectivity index (χ0) is 54.2. The summed E-state index contributed by atoms with van der Waals surface area (Å²) in [5, 5.41) is 0. The summed E-state index contributed by atoms with van der Waals surface area (Å²) in [6, 6.07) is 0. The van der Waals surface area contributed by atoms with Crippen LogP contribution in [0, 0.1) is 0 Å². The number of hydrogen-bond acceptors (Lipinski definition) is 7. The molecule has 0 aromatic carbocycles. The quantitative estimate of drug-likeness (QED) is 0.0211. The van der Waals surface area contributed by atoms with E-state index in [1.807, 2.05) is 21.1 Å². The molecule has 0 saturated carbocycles. The summed E-state index contributed by atoms with van der Waals surface area (Å²) in [7, 11) is 1.48. The zero-order valence-corrected chi connectivity index (χ0v) is 50.0. The molecule has 0 saturated heterocycles. The smallest absolute Gasteiger partial charge is 0.462 e. The van der Waals surface area contributed by atoms with Gasteiger partial charge in [0.1, 0.15) is 19.8 Å². The first-order chi connectivity index (χ1) is 36.0.